The second-order valence-corrected chi connectivity index (χ2v) is 5.56. The Morgan fingerprint density at radius 1 is 1.19 bits per heavy atom. The maximum atomic E-state index is 12.3. The van der Waals surface area contributed by atoms with Crippen molar-refractivity contribution in [1.29, 1.82) is 0 Å². The summed E-state index contributed by atoms with van der Waals surface area (Å²) in [6.45, 7) is 1.90. The Hall–Kier alpha value is -2.10. The van der Waals surface area contributed by atoms with E-state index in [1.165, 1.54) is 6.42 Å². The first kappa shape index (κ1) is 13.9. The standard InChI is InChI=1S/C17H20N2O2/c1-13-16(17(20)21-15-10-6-3-7-11-15)12-18-19(13)14-8-4-2-5-9-14/h2,4-5,8-9,12,15H,3,6-7,10-11H2,1H3. The van der Waals surface area contributed by atoms with Gasteiger partial charge in [-0.15, -0.1) is 0 Å². The van der Waals surface area contributed by atoms with Crippen molar-refractivity contribution >= 4 is 5.97 Å². The van der Waals surface area contributed by atoms with Crippen LogP contribution >= 0.6 is 0 Å². The van der Waals surface area contributed by atoms with Gasteiger partial charge in [0.1, 0.15) is 11.7 Å². The van der Waals surface area contributed by atoms with Gasteiger partial charge in [-0.1, -0.05) is 24.6 Å². The third-order valence-corrected chi connectivity index (χ3v) is 4.06. The summed E-state index contributed by atoms with van der Waals surface area (Å²) >= 11 is 0. The number of para-hydroxylation sites is 1. The molecule has 4 nitrogen and oxygen atoms in total. The van der Waals surface area contributed by atoms with Gasteiger partial charge in [-0.3, -0.25) is 0 Å². The van der Waals surface area contributed by atoms with Crippen LogP contribution < -0.4 is 0 Å². The number of hydrogen-bond donors (Lipinski definition) is 0. The van der Waals surface area contributed by atoms with E-state index in [0.29, 0.717) is 5.56 Å². The summed E-state index contributed by atoms with van der Waals surface area (Å²) in [6, 6.07) is 9.81. The molecule has 1 saturated carbocycles. The van der Waals surface area contributed by atoms with Crippen molar-refractivity contribution < 1.29 is 9.53 Å². The first-order valence-corrected chi connectivity index (χ1v) is 7.57. The highest BCUT2D eigenvalue weighted by molar-refractivity contribution is 5.90. The Morgan fingerprint density at radius 2 is 1.90 bits per heavy atom. The zero-order valence-corrected chi connectivity index (χ0v) is 12.3. The maximum absolute atomic E-state index is 12.3. The normalized spacial score (nSPS) is 15.9. The largest absolute Gasteiger partial charge is 0.459 e. The first-order chi connectivity index (χ1) is 10.3. The zero-order valence-electron chi connectivity index (χ0n) is 12.3. The van der Waals surface area contributed by atoms with E-state index in [1.807, 2.05) is 37.3 Å². The van der Waals surface area contributed by atoms with Gasteiger partial charge < -0.3 is 4.74 Å². The summed E-state index contributed by atoms with van der Waals surface area (Å²) < 4.78 is 7.39. The Bertz CT molecular complexity index is 613. The Labute approximate surface area is 124 Å². The van der Waals surface area contributed by atoms with Gasteiger partial charge in [0, 0.05) is 0 Å². The summed E-state index contributed by atoms with van der Waals surface area (Å²) in [5, 5.41) is 4.32. The minimum Gasteiger partial charge on any atom is -0.459 e. The van der Waals surface area contributed by atoms with Gasteiger partial charge in [-0.2, -0.15) is 5.10 Å². The van der Waals surface area contributed by atoms with Gasteiger partial charge in [0.05, 0.1) is 17.6 Å². The Kier molecular flexibility index (Phi) is 4.04. The van der Waals surface area contributed by atoms with Gasteiger partial charge in [-0.25, -0.2) is 9.48 Å². The molecule has 3 rings (SSSR count). The lowest BCUT2D eigenvalue weighted by atomic mass is 9.98. The molecule has 0 N–H and O–H groups in total. The van der Waals surface area contributed by atoms with E-state index in [9.17, 15) is 4.79 Å². The molecule has 0 radical (unpaired) electrons. The predicted molar refractivity (Wildman–Crippen MR) is 80.6 cm³/mol. The molecule has 1 aromatic heterocycles. The SMILES string of the molecule is Cc1c(C(=O)OC2CCCCC2)cnn1-c1ccccc1. The molecule has 21 heavy (non-hydrogen) atoms. The van der Waals surface area contributed by atoms with Crippen LogP contribution in [0.4, 0.5) is 0 Å². The number of esters is 1. The highest BCUT2D eigenvalue weighted by Gasteiger charge is 2.22. The van der Waals surface area contributed by atoms with Crippen molar-refractivity contribution in [2.45, 2.75) is 45.1 Å². The second-order valence-electron chi connectivity index (χ2n) is 5.56. The van der Waals surface area contributed by atoms with Crippen LogP contribution in [0, 0.1) is 6.92 Å². The van der Waals surface area contributed by atoms with Gasteiger partial charge in [0.15, 0.2) is 0 Å². The fraction of sp³-hybridized carbons (Fsp3) is 0.412. The van der Waals surface area contributed by atoms with Gasteiger partial charge in [0.2, 0.25) is 0 Å². The molecule has 1 heterocycles. The van der Waals surface area contributed by atoms with Crippen molar-refractivity contribution in [3.8, 4) is 5.69 Å². The molecule has 1 aliphatic carbocycles. The molecule has 1 aliphatic rings. The van der Waals surface area contributed by atoms with Crippen LogP contribution in [0.1, 0.15) is 48.2 Å². The van der Waals surface area contributed by atoms with Crippen LogP contribution in [0.3, 0.4) is 0 Å². The molecule has 0 atom stereocenters. The number of ether oxygens (including phenoxy) is 1. The summed E-state index contributed by atoms with van der Waals surface area (Å²) in [5.74, 6) is -0.249. The highest BCUT2D eigenvalue weighted by Crippen LogP contribution is 2.22. The van der Waals surface area contributed by atoms with Crippen LogP contribution in [-0.2, 0) is 4.74 Å². The zero-order chi connectivity index (χ0) is 14.7. The molecular weight excluding hydrogens is 264 g/mol. The summed E-state index contributed by atoms with van der Waals surface area (Å²) in [7, 11) is 0. The first-order valence-electron chi connectivity index (χ1n) is 7.57. The number of nitrogens with zero attached hydrogens (tertiary/aromatic N) is 2. The summed E-state index contributed by atoms with van der Waals surface area (Å²) in [6.07, 6.45) is 7.20. The number of aromatic nitrogens is 2. The third-order valence-electron chi connectivity index (χ3n) is 4.06. The van der Waals surface area contributed by atoms with E-state index in [0.717, 1.165) is 37.1 Å². The molecule has 0 aliphatic heterocycles. The average molecular weight is 284 g/mol. The van der Waals surface area contributed by atoms with Crippen molar-refractivity contribution in [2.24, 2.45) is 0 Å². The van der Waals surface area contributed by atoms with E-state index in [-0.39, 0.29) is 12.1 Å². The number of rotatable bonds is 3. The molecule has 1 aromatic carbocycles. The van der Waals surface area contributed by atoms with Crippen LogP contribution in [0.5, 0.6) is 0 Å². The molecule has 110 valence electrons. The molecule has 0 spiro atoms. The number of hydrogen-bond acceptors (Lipinski definition) is 3. The Morgan fingerprint density at radius 3 is 2.62 bits per heavy atom. The molecule has 2 aromatic rings. The smallest absolute Gasteiger partial charge is 0.341 e. The molecule has 0 unspecified atom stereocenters. The highest BCUT2D eigenvalue weighted by atomic mass is 16.5. The monoisotopic (exact) mass is 284 g/mol. The second kappa shape index (κ2) is 6.12. The fourth-order valence-electron chi connectivity index (χ4n) is 2.84. The lowest BCUT2D eigenvalue weighted by Gasteiger charge is -2.21. The molecule has 0 bridgehead atoms. The minimum atomic E-state index is -0.249. The van der Waals surface area contributed by atoms with Crippen LogP contribution in [0.2, 0.25) is 0 Å². The maximum Gasteiger partial charge on any atom is 0.341 e. The fourth-order valence-corrected chi connectivity index (χ4v) is 2.84. The lowest BCUT2D eigenvalue weighted by Crippen LogP contribution is -2.21. The van der Waals surface area contributed by atoms with Crippen molar-refractivity contribution in [3.05, 3.63) is 47.8 Å². The topological polar surface area (TPSA) is 44.1 Å². The molecule has 1 fully saturated rings. The van der Waals surface area contributed by atoms with Crippen LogP contribution in [-0.4, -0.2) is 21.9 Å². The lowest BCUT2D eigenvalue weighted by molar-refractivity contribution is 0.0210. The van der Waals surface area contributed by atoms with Crippen molar-refractivity contribution in [1.82, 2.24) is 9.78 Å². The average Bonchev–Trinajstić information content (AvgIpc) is 2.91. The quantitative estimate of drug-likeness (QED) is 0.808. The minimum absolute atomic E-state index is 0.0747. The summed E-state index contributed by atoms with van der Waals surface area (Å²) in [5.41, 5.74) is 2.33. The van der Waals surface area contributed by atoms with Crippen molar-refractivity contribution in [3.63, 3.8) is 0 Å². The van der Waals surface area contributed by atoms with E-state index in [4.69, 9.17) is 4.74 Å². The van der Waals surface area contributed by atoms with Gasteiger partial charge >= 0.3 is 5.97 Å². The third kappa shape index (κ3) is 2.99. The number of benzene rings is 1. The molecular formula is C17H20N2O2. The van der Waals surface area contributed by atoms with Gasteiger partial charge in [0.25, 0.3) is 0 Å². The van der Waals surface area contributed by atoms with E-state index in [1.54, 1.807) is 10.9 Å². The molecule has 0 saturated heterocycles. The van der Waals surface area contributed by atoms with E-state index < -0.39 is 0 Å². The molecule has 0 amide bonds. The predicted octanol–water partition coefficient (Wildman–Crippen LogP) is 3.67. The van der Waals surface area contributed by atoms with Gasteiger partial charge in [-0.05, 0) is 44.7 Å². The van der Waals surface area contributed by atoms with Crippen LogP contribution in [0.15, 0.2) is 36.5 Å². The Balaban J connectivity index is 1.77. The van der Waals surface area contributed by atoms with Crippen LogP contribution in [0.25, 0.3) is 5.69 Å². The van der Waals surface area contributed by atoms with Crippen molar-refractivity contribution in [2.75, 3.05) is 0 Å². The number of carbonyl (C=O) groups excluding carboxylic acids is 1. The van der Waals surface area contributed by atoms with E-state index in [2.05, 4.69) is 5.10 Å². The number of carbonyl (C=O) groups is 1. The van der Waals surface area contributed by atoms with E-state index >= 15 is 0 Å². The molecule has 4 heteroatoms. The summed E-state index contributed by atoms with van der Waals surface area (Å²) in [4.78, 5) is 12.3.